The zero-order valence-electron chi connectivity index (χ0n) is 19.8. The second kappa shape index (κ2) is 9.86. The number of anilines is 4. The fourth-order valence-corrected chi connectivity index (χ4v) is 5.15. The Hall–Kier alpha value is -3.37. The molecule has 0 spiro atoms. The molecule has 0 radical (unpaired) electrons. The summed E-state index contributed by atoms with van der Waals surface area (Å²) in [4.78, 5) is 11.5. The van der Waals surface area contributed by atoms with Crippen LogP contribution in [-0.2, 0) is 14.8 Å². The van der Waals surface area contributed by atoms with Gasteiger partial charge in [-0.05, 0) is 68.3 Å². The van der Waals surface area contributed by atoms with E-state index in [1.54, 1.807) is 50.4 Å². The monoisotopic (exact) mass is 483 g/mol. The molecule has 4 rings (SSSR count). The summed E-state index contributed by atoms with van der Waals surface area (Å²) in [6, 6.07) is 12.2. The normalized spacial score (nSPS) is 14.1. The van der Waals surface area contributed by atoms with Crippen LogP contribution in [-0.4, -0.2) is 51.8 Å². The second-order valence-electron chi connectivity index (χ2n) is 8.19. The van der Waals surface area contributed by atoms with Crippen LogP contribution in [0.1, 0.15) is 16.8 Å². The number of sulfonamides is 1. The molecule has 180 valence electrons. The zero-order valence-corrected chi connectivity index (χ0v) is 20.6. The number of ether oxygens (including phenoxy) is 2. The van der Waals surface area contributed by atoms with E-state index in [0.29, 0.717) is 42.0 Å². The van der Waals surface area contributed by atoms with Crippen LogP contribution in [0.2, 0.25) is 0 Å². The minimum atomic E-state index is -3.75. The minimum absolute atomic E-state index is 0.222. The number of nitrogens with zero attached hydrogens (tertiary/aromatic N) is 3. The van der Waals surface area contributed by atoms with Crippen LogP contribution in [0.15, 0.2) is 47.4 Å². The number of methoxy groups -OCH3 is 1. The Morgan fingerprint density at radius 1 is 0.941 bits per heavy atom. The fourth-order valence-electron chi connectivity index (χ4n) is 3.77. The predicted molar refractivity (Wildman–Crippen MR) is 133 cm³/mol. The van der Waals surface area contributed by atoms with Gasteiger partial charge in [0.25, 0.3) is 10.0 Å². The van der Waals surface area contributed by atoms with Gasteiger partial charge in [0.1, 0.15) is 11.6 Å². The Morgan fingerprint density at radius 3 is 2.29 bits per heavy atom. The summed E-state index contributed by atoms with van der Waals surface area (Å²) < 4.78 is 39.3. The van der Waals surface area contributed by atoms with Crippen molar-refractivity contribution in [1.29, 1.82) is 0 Å². The van der Waals surface area contributed by atoms with E-state index in [1.165, 1.54) is 0 Å². The molecule has 0 aliphatic carbocycles. The molecular formula is C24H29N5O4S. The molecule has 1 fully saturated rings. The Labute approximate surface area is 200 Å². The Kier molecular flexibility index (Phi) is 6.90. The van der Waals surface area contributed by atoms with Gasteiger partial charge in [0.05, 0.1) is 25.2 Å². The van der Waals surface area contributed by atoms with Crippen LogP contribution in [0.5, 0.6) is 5.75 Å². The third kappa shape index (κ3) is 5.40. The predicted octanol–water partition coefficient (Wildman–Crippen LogP) is 3.79. The van der Waals surface area contributed by atoms with E-state index in [9.17, 15) is 8.42 Å². The second-order valence-corrected chi connectivity index (χ2v) is 9.84. The molecule has 10 heteroatoms. The zero-order chi connectivity index (χ0) is 24.3. The molecule has 1 aliphatic heterocycles. The van der Waals surface area contributed by atoms with Gasteiger partial charge in [0.15, 0.2) is 0 Å². The average molecular weight is 484 g/mol. The van der Waals surface area contributed by atoms with Crippen molar-refractivity contribution in [3.8, 4) is 5.75 Å². The molecule has 0 unspecified atom stereocenters. The maximum absolute atomic E-state index is 13.0. The standard InChI is InChI=1S/C24H29N5O4S/c1-16-14-22(17(2)13-21(16)32-4)34(30,31)28-20-7-5-19(6-8-20)26-23-15-18(3)25-24(27-23)29-9-11-33-12-10-29/h5-8,13-15,28H,9-12H2,1-4H3,(H,25,26,27). The lowest BCUT2D eigenvalue weighted by Gasteiger charge is -2.27. The van der Waals surface area contributed by atoms with Gasteiger partial charge in [-0.15, -0.1) is 0 Å². The summed E-state index contributed by atoms with van der Waals surface area (Å²) in [5.74, 6) is 2.00. The van der Waals surface area contributed by atoms with E-state index < -0.39 is 10.0 Å². The van der Waals surface area contributed by atoms with E-state index in [1.807, 2.05) is 19.9 Å². The molecule has 0 atom stereocenters. The number of benzene rings is 2. The first kappa shape index (κ1) is 23.8. The highest BCUT2D eigenvalue weighted by Crippen LogP contribution is 2.28. The van der Waals surface area contributed by atoms with E-state index in [0.717, 1.165) is 30.0 Å². The summed E-state index contributed by atoms with van der Waals surface area (Å²) in [5, 5.41) is 3.28. The molecule has 9 nitrogen and oxygen atoms in total. The summed E-state index contributed by atoms with van der Waals surface area (Å²) in [6.07, 6.45) is 0. The largest absolute Gasteiger partial charge is 0.496 e. The maximum Gasteiger partial charge on any atom is 0.262 e. The molecule has 0 amide bonds. The Bertz CT molecular complexity index is 1270. The highest BCUT2D eigenvalue weighted by atomic mass is 32.2. The van der Waals surface area contributed by atoms with E-state index in [4.69, 9.17) is 9.47 Å². The van der Waals surface area contributed by atoms with Crippen LogP contribution < -0.4 is 19.7 Å². The number of rotatable bonds is 7. The minimum Gasteiger partial charge on any atom is -0.496 e. The quantitative estimate of drug-likeness (QED) is 0.523. The van der Waals surface area contributed by atoms with Crippen LogP contribution in [0.4, 0.5) is 23.1 Å². The average Bonchev–Trinajstić information content (AvgIpc) is 2.81. The number of hydrogen-bond acceptors (Lipinski definition) is 8. The molecule has 1 aromatic heterocycles. The molecule has 2 heterocycles. The van der Waals surface area contributed by atoms with Crippen molar-refractivity contribution in [1.82, 2.24) is 9.97 Å². The third-order valence-corrected chi connectivity index (χ3v) is 7.05. The number of hydrogen-bond donors (Lipinski definition) is 2. The molecule has 1 saturated heterocycles. The van der Waals surface area contributed by atoms with Gasteiger partial charge < -0.3 is 19.7 Å². The molecule has 0 bridgehead atoms. The van der Waals surface area contributed by atoms with Gasteiger partial charge in [-0.25, -0.2) is 13.4 Å². The lowest BCUT2D eigenvalue weighted by atomic mass is 10.1. The number of nitrogens with one attached hydrogen (secondary N) is 2. The molecule has 2 aromatic carbocycles. The fraction of sp³-hybridized carbons (Fsp3) is 0.333. The van der Waals surface area contributed by atoms with Crippen LogP contribution in [0, 0.1) is 20.8 Å². The number of morpholine rings is 1. The van der Waals surface area contributed by atoms with Crippen molar-refractivity contribution in [2.24, 2.45) is 0 Å². The summed E-state index contributed by atoms with van der Waals surface area (Å²) >= 11 is 0. The molecule has 3 aromatic rings. The first-order chi connectivity index (χ1) is 16.2. The molecule has 0 saturated carbocycles. The summed E-state index contributed by atoms with van der Waals surface area (Å²) in [5.41, 5.74) is 3.47. The van der Waals surface area contributed by atoms with Crippen LogP contribution >= 0.6 is 0 Å². The maximum atomic E-state index is 13.0. The Morgan fingerprint density at radius 2 is 1.62 bits per heavy atom. The first-order valence-electron chi connectivity index (χ1n) is 11.0. The first-order valence-corrected chi connectivity index (χ1v) is 12.5. The van der Waals surface area contributed by atoms with Gasteiger partial charge in [-0.1, -0.05) is 0 Å². The van der Waals surface area contributed by atoms with Crippen LogP contribution in [0.3, 0.4) is 0 Å². The van der Waals surface area contributed by atoms with E-state index in [2.05, 4.69) is 24.9 Å². The lowest BCUT2D eigenvalue weighted by molar-refractivity contribution is 0.122. The third-order valence-electron chi connectivity index (χ3n) is 5.53. The summed E-state index contributed by atoms with van der Waals surface area (Å²) in [7, 11) is -2.18. The van der Waals surface area contributed by atoms with Crippen LogP contribution in [0.25, 0.3) is 0 Å². The highest BCUT2D eigenvalue weighted by Gasteiger charge is 2.19. The van der Waals surface area contributed by atoms with Gasteiger partial charge in [0, 0.05) is 36.2 Å². The lowest BCUT2D eigenvalue weighted by Crippen LogP contribution is -2.37. The van der Waals surface area contributed by atoms with E-state index in [-0.39, 0.29) is 4.90 Å². The summed E-state index contributed by atoms with van der Waals surface area (Å²) in [6.45, 7) is 8.32. The van der Waals surface area contributed by atoms with Crippen molar-refractivity contribution in [3.05, 3.63) is 59.3 Å². The van der Waals surface area contributed by atoms with Gasteiger partial charge in [0.2, 0.25) is 5.95 Å². The SMILES string of the molecule is COc1cc(C)c(S(=O)(=O)Nc2ccc(Nc3cc(C)nc(N4CCOCC4)n3)cc2)cc1C. The highest BCUT2D eigenvalue weighted by molar-refractivity contribution is 7.92. The smallest absolute Gasteiger partial charge is 0.262 e. The number of aryl methyl sites for hydroxylation is 3. The van der Waals surface area contributed by atoms with Gasteiger partial charge in [-0.2, -0.15) is 4.98 Å². The molecule has 34 heavy (non-hydrogen) atoms. The molecular weight excluding hydrogens is 454 g/mol. The van der Waals surface area contributed by atoms with Gasteiger partial charge >= 0.3 is 0 Å². The van der Waals surface area contributed by atoms with Crippen molar-refractivity contribution in [3.63, 3.8) is 0 Å². The van der Waals surface area contributed by atoms with Crippen molar-refractivity contribution >= 4 is 33.2 Å². The number of aromatic nitrogens is 2. The van der Waals surface area contributed by atoms with Crippen molar-refractivity contribution in [2.75, 3.05) is 48.4 Å². The van der Waals surface area contributed by atoms with Crippen molar-refractivity contribution < 1.29 is 17.9 Å². The van der Waals surface area contributed by atoms with E-state index >= 15 is 0 Å². The Balaban J connectivity index is 1.49. The molecule has 1 aliphatic rings. The van der Waals surface area contributed by atoms with Gasteiger partial charge in [-0.3, -0.25) is 4.72 Å². The topological polar surface area (TPSA) is 106 Å². The van der Waals surface area contributed by atoms with Crippen molar-refractivity contribution in [2.45, 2.75) is 25.7 Å². The molecule has 2 N–H and O–H groups in total.